The third-order valence-corrected chi connectivity index (χ3v) is 3.91. The van der Waals surface area contributed by atoms with Crippen molar-refractivity contribution in [3.05, 3.63) is 47.5 Å². The maximum atomic E-state index is 12.3. The maximum absolute atomic E-state index is 12.3. The minimum atomic E-state index is -0.184. The third kappa shape index (κ3) is 1.72. The Labute approximate surface area is 115 Å². The van der Waals surface area contributed by atoms with Crippen LogP contribution in [0.5, 0.6) is 0 Å². The molecular formula is C16H13NO3. The highest BCUT2D eigenvalue weighted by Gasteiger charge is 2.36. The van der Waals surface area contributed by atoms with E-state index in [1.54, 1.807) is 0 Å². The topological polar surface area (TPSA) is 49.9 Å². The molecule has 0 N–H and O–H groups in total. The Bertz CT molecular complexity index is 679. The van der Waals surface area contributed by atoms with Gasteiger partial charge in [0.2, 0.25) is 0 Å². The molecule has 2 heterocycles. The van der Waals surface area contributed by atoms with E-state index in [0.29, 0.717) is 17.7 Å². The van der Waals surface area contributed by atoms with Crippen LogP contribution in [0.15, 0.2) is 36.4 Å². The van der Waals surface area contributed by atoms with E-state index in [2.05, 4.69) is 0 Å². The second-order valence-electron chi connectivity index (χ2n) is 5.25. The monoisotopic (exact) mass is 267 g/mol. The minimum Gasteiger partial charge on any atom is -0.373 e. The second-order valence-corrected chi connectivity index (χ2v) is 5.25. The molecule has 4 heteroatoms. The summed E-state index contributed by atoms with van der Waals surface area (Å²) in [4.78, 5) is 26.0. The molecule has 100 valence electrons. The largest absolute Gasteiger partial charge is 0.373 e. The van der Waals surface area contributed by atoms with Gasteiger partial charge in [0.1, 0.15) is 0 Å². The van der Waals surface area contributed by atoms with Gasteiger partial charge in [-0.3, -0.25) is 14.5 Å². The fraction of sp³-hybridized carbons (Fsp3) is 0.250. The molecule has 20 heavy (non-hydrogen) atoms. The lowest BCUT2D eigenvalue weighted by atomic mass is 10.0. The standard InChI is InChI=1S/C16H13NO3/c18-15-13-7-10-3-1-2-4-11(10)8-14(13)16(19)17(15)6-5-12-9-20-12/h1-4,7-8,12H,5-6,9H2. The van der Waals surface area contributed by atoms with Gasteiger partial charge in [-0.1, -0.05) is 24.3 Å². The van der Waals surface area contributed by atoms with Crippen molar-refractivity contribution in [1.82, 2.24) is 4.90 Å². The number of epoxide rings is 1. The van der Waals surface area contributed by atoms with Crippen molar-refractivity contribution >= 4 is 22.6 Å². The predicted octanol–water partition coefficient (Wildman–Crippen LogP) is 2.22. The van der Waals surface area contributed by atoms with Crippen molar-refractivity contribution in [2.24, 2.45) is 0 Å². The predicted molar refractivity (Wildman–Crippen MR) is 73.7 cm³/mol. The van der Waals surface area contributed by atoms with Gasteiger partial charge in [-0.05, 0) is 29.3 Å². The number of rotatable bonds is 3. The molecular weight excluding hydrogens is 254 g/mol. The van der Waals surface area contributed by atoms with E-state index in [1.165, 1.54) is 4.90 Å². The summed E-state index contributed by atoms with van der Waals surface area (Å²) in [5.74, 6) is -0.368. The Kier molecular flexibility index (Phi) is 2.41. The number of hydrogen-bond acceptors (Lipinski definition) is 3. The molecule has 1 saturated heterocycles. The van der Waals surface area contributed by atoms with Gasteiger partial charge in [0.25, 0.3) is 11.8 Å². The van der Waals surface area contributed by atoms with Gasteiger partial charge in [0.15, 0.2) is 0 Å². The zero-order valence-electron chi connectivity index (χ0n) is 10.8. The van der Waals surface area contributed by atoms with Gasteiger partial charge in [-0.25, -0.2) is 0 Å². The molecule has 1 unspecified atom stereocenters. The highest BCUT2D eigenvalue weighted by molar-refractivity contribution is 6.23. The number of hydrogen-bond donors (Lipinski definition) is 0. The Morgan fingerprint density at radius 1 is 1.05 bits per heavy atom. The summed E-state index contributed by atoms with van der Waals surface area (Å²) in [5, 5.41) is 1.97. The van der Waals surface area contributed by atoms with Crippen LogP contribution in [0.3, 0.4) is 0 Å². The number of fused-ring (bicyclic) bond motifs is 2. The average molecular weight is 267 g/mol. The first-order valence-corrected chi connectivity index (χ1v) is 6.74. The fourth-order valence-electron chi connectivity index (χ4n) is 2.69. The number of imide groups is 1. The maximum Gasteiger partial charge on any atom is 0.261 e. The van der Waals surface area contributed by atoms with Crippen molar-refractivity contribution in [2.75, 3.05) is 13.2 Å². The van der Waals surface area contributed by atoms with Crippen LogP contribution in [0, 0.1) is 0 Å². The zero-order chi connectivity index (χ0) is 13.7. The molecule has 2 aliphatic heterocycles. The molecule has 2 aromatic carbocycles. The van der Waals surface area contributed by atoms with Crippen LogP contribution < -0.4 is 0 Å². The van der Waals surface area contributed by atoms with Gasteiger partial charge in [0.05, 0.1) is 23.8 Å². The molecule has 2 aliphatic rings. The molecule has 4 nitrogen and oxygen atoms in total. The van der Waals surface area contributed by atoms with E-state index >= 15 is 0 Å². The van der Waals surface area contributed by atoms with Crippen LogP contribution in [0.4, 0.5) is 0 Å². The molecule has 1 atom stereocenters. The van der Waals surface area contributed by atoms with Crippen molar-refractivity contribution in [3.8, 4) is 0 Å². The normalized spacial score (nSPS) is 20.6. The molecule has 2 amide bonds. The van der Waals surface area contributed by atoms with Crippen LogP contribution in [0.1, 0.15) is 27.1 Å². The summed E-state index contributed by atoms with van der Waals surface area (Å²) in [6.45, 7) is 1.18. The van der Waals surface area contributed by atoms with E-state index in [4.69, 9.17) is 4.74 Å². The molecule has 0 spiro atoms. The van der Waals surface area contributed by atoms with Crippen molar-refractivity contribution in [1.29, 1.82) is 0 Å². The third-order valence-electron chi connectivity index (χ3n) is 3.91. The van der Waals surface area contributed by atoms with E-state index in [1.807, 2.05) is 36.4 Å². The molecule has 0 radical (unpaired) electrons. The van der Waals surface area contributed by atoms with E-state index < -0.39 is 0 Å². The zero-order valence-corrected chi connectivity index (χ0v) is 10.8. The molecule has 0 aliphatic carbocycles. The quantitative estimate of drug-likeness (QED) is 0.633. The van der Waals surface area contributed by atoms with Crippen molar-refractivity contribution in [2.45, 2.75) is 12.5 Å². The van der Waals surface area contributed by atoms with Crippen LogP contribution in [0.25, 0.3) is 10.8 Å². The lowest BCUT2D eigenvalue weighted by Crippen LogP contribution is -2.31. The highest BCUT2D eigenvalue weighted by atomic mass is 16.6. The van der Waals surface area contributed by atoms with Gasteiger partial charge >= 0.3 is 0 Å². The summed E-state index contributed by atoms with van der Waals surface area (Å²) in [7, 11) is 0. The first-order valence-electron chi connectivity index (χ1n) is 6.74. The number of carbonyl (C=O) groups is 2. The molecule has 0 bridgehead atoms. The first kappa shape index (κ1) is 11.6. The van der Waals surface area contributed by atoms with Gasteiger partial charge in [0, 0.05) is 6.54 Å². The summed E-state index contributed by atoms with van der Waals surface area (Å²) in [6.07, 6.45) is 0.948. The van der Waals surface area contributed by atoms with Crippen molar-refractivity contribution < 1.29 is 14.3 Å². The van der Waals surface area contributed by atoms with Crippen LogP contribution in [0.2, 0.25) is 0 Å². The van der Waals surface area contributed by atoms with E-state index in [0.717, 1.165) is 23.8 Å². The number of benzene rings is 2. The van der Waals surface area contributed by atoms with Crippen LogP contribution in [-0.2, 0) is 4.74 Å². The lowest BCUT2D eigenvalue weighted by molar-refractivity contribution is 0.0650. The molecule has 1 fully saturated rings. The smallest absolute Gasteiger partial charge is 0.261 e. The van der Waals surface area contributed by atoms with Gasteiger partial charge in [-0.15, -0.1) is 0 Å². The fourth-order valence-corrected chi connectivity index (χ4v) is 2.69. The van der Waals surface area contributed by atoms with Crippen LogP contribution in [-0.4, -0.2) is 36.0 Å². The molecule has 0 aromatic heterocycles. The summed E-state index contributed by atoms with van der Waals surface area (Å²) < 4.78 is 5.13. The SMILES string of the molecule is O=C1c2cc3ccccc3cc2C(=O)N1CCC1CO1. The van der Waals surface area contributed by atoms with Gasteiger partial charge in [-0.2, -0.15) is 0 Å². The number of nitrogens with zero attached hydrogens (tertiary/aromatic N) is 1. The Balaban J connectivity index is 1.73. The first-order chi connectivity index (χ1) is 9.74. The van der Waals surface area contributed by atoms with E-state index in [9.17, 15) is 9.59 Å². The molecule has 2 aromatic rings. The highest BCUT2D eigenvalue weighted by Crippen LogP contribution is 2.28. The number of ether oxygens (including phenoxy) is 1. The number of carbonyl (C=O) groups excluding carboxylic acids is 2. The minimum absolute atomic E-state index is 0.184. The molecule has 0 saturated carbocycles. The Morgan fingerprint density at radius 3 is 2.10 bits per heavy atom. The van der Waals surface area contributed by atoms with Crippen molar-refractivity contribution in [3.63, 3.8) is 0 Å². The molecule has 4 rings (SSSR count). The summed E-state index contributed by atoms with van der Waals surface area (Å²) >= 11 is 0. The Morgan fingerprint density at radius 2 is 1.60 bits per heavy atom. The lowest BCUT2D eigenvalue weighted by Gasteiger charge is -2.12. The number of amides is 2. The second kappa shape index (κ2) is 4.15. The summed E-state index contributed by atoms with van der Waals surface area (Å²) in [6, 6.07) is 11.4. The Hall–Kier alpha value is -2.20. The van der Waals surface area contributed by atoms with Gasteiger partial charge < -0.3 is 4.74 Å². The van der Waals surface area contributed by atoms with E-state index in [-0.39, 0.29) is 17.9 Å². The van der Waals surface area contributed by atoms with Crippen LogP contribution >= 0.6 is 0 Å². The summed E-state index contributed by atoms with van der Waals surface area (Å²) in [5.41, 5.74) is 1.04. The average Bonchev–Trinajstić information content (AvgIpc) is 3.26.